The zero-order valence-corrected chi connectivity index (χ0v) is 19.4. The average Bonchev–Trinajstić information content (AvgIpc) is 2.71. The third kappa shape index (κ3) is 7.63. The Balaban J connectivity index is 2.24. The minimum absolute atomic E-state index is 0.147. The maximum absolute atomic E-state index is 13.2. The summed E-state index contributed by atoms with van der Waals surface area (Å²) in [6.07, 6.45) is 0.488. The summed E-state index contributed by atoms with van der Waals surface area (Å²) in [5.41, 5.74) is 1.60. The molecule has 2 aromatic carbocycles. The van der Waals surface area contributed by atoms with Crippen molar-refractivity contribution in [2.75, 3.05) is 13.7 Å². The van der Waals surface area contributed by atoms with E-state index in [1.54, 1.807) is 12.0 Å². The van der Waals surface area contributed by atoms with Crippen LogP contribution in [0.5, 0.6) is 11.5 Å². The summed E-state index contributed by atoms with van der Waals surface area (Å²) in [6, 6.07) is 14.4. The maximum atomic E-state index is 13.2. The number of rotatable bonds is 9. The number of benzene rings is 2. The van der Waals surface area contributed by atoms with Crippen molar-refractivity contribution < 1.29 is 19.1 Å². The smallest absolute Gasteiger partial charge is 0.261 e. The predicted molar refractivity (Wildman–Crippen MR) is 122 cm³/mol. The Morgan fingerprint density at radius 2 is 1.74 bits per heavy atom. The molecule has 2 rings (SSSR count). The fraction of sp³-hybridized carbons (Fsp3) is 0.440. The molecule has 0 saturated heterocycles. The highest BCUT2D eigenvalue weighted by molar-refractivity contribution is 5.88. The van der Waals surface area contributed by atoms with Gasteiger partial charge < -0.3 is 19.7 Å². The Kier molecular flexibility index (Phi) is 8.48. The van der Waals surface area contributed by atoms with Crippen molar-refractivity contribution >= 4 is 11.8 Å². The van der Waals surface area contributed by atoms with E-state index >= 15 is 0 Å². The number of hydrogen-bond acceptors (Lipinski definition) is 4. The third-order valence-electron chi connectivity index (χ3n) is 4.75. The van der Waals surface area contributed by atoms with Crippen LogP contribution in [-0.2, 0) is 16.1 Å². The van der Waals surface area contributed by atoms with Crippen LogP contribution in [0.3, 0.4) is 0 Å². The van der Waals surface area contributed by atoms with E-state index in [9.17, 15) is 9.59 Å². The summed E-state index contributed by atoms with van der Waals surface area (Å²) in [4.78, 5) is 27.8. The van der Waals surface area contributed by atoms with Gasteiger partial charge in [-0.3, -0.25) is 9.59 Å². The first-order chi connectivity index (χ1) is 14.6. The number of carbonyl (C=O) groups is 2. The normalized spacial score (nSPS) is 12.1. The summed E-state index contributed by atoms with van der Waals surface area (Å²) in [5.74, 6) is 0.890. The maximum Gasteiger partial charge on any atom is 0.261 e. The number of hydrogen-bond donors (Lipinski definition) is 1. The van der Waals surface area contributed by atoms with Gasteiger partial charge in [0.1, 0.15) is 17.5 Å². The molecule has 31 heavy (non-hydrogen) atoms. The van der Waals surface area contributed by atoms with E-state index in [1.165, 1.54) is 0 Å². The van der Waals surface area contributed by atoms with Crippen LogP contribution in [0.4, 0.5) is 0 Å². The zero-order chi connectivity index (χ0) is 23.0. The molecule has 0 aliphatic heterocycles. The molecular weight excluding hydrogens is 392 g/mol. The molecule has 168 valence electrons. The lowest BCUT2D eigenvalue weighted by Gasteiger charge is -2.33. The molecule has 0 aliphatic rings. The molecule has 0 bridgehead atoms. The van der Waals surface area contributed by atoms with Gasteiger partial charge in [-0.15, -0.1) is 0 Å². The molecule has 0 radical (unpaired) electrons. The van der Waals surface area contributed by atoms with Gasteiger partial charge in [-0.2, -0.15) is 0 Å². The molecule has 0 aliphatic carbocycles. The second-order valence-corrected chi connectivity index (χ2v) is 8.64. The number of nitrogens with zero attached hydrogens (tertiary/aromatic N) is 1. The van der Waals surface area contributed by atoms with Crippen LogP contribution >= 0.6 is 0 Å². The molecule has 2 amide bonds. The van der Waals surface area contributed by atoms with Crippen LogP contribution in [0.2, 0.25) is 0 Å². The van der Waals surface area contributed by atoms with Crippen LogP contribution < -0.4 is 14.8 Å². The fourth-order valence-corrected chi connectivity index (χ4v) is 3.20. The first-order valence-electron chi connectivity index (χ1n) is 10.6. The molecule has 2 aromatic rings. The average molecular weight is 427 g/mol. The summed E-state index contributed by atoms with van der Waals surface area (Å²) in [7, 11) is 1.60. The van der Waals surface area contributed by atoms with Crippen molar-refractivity contribution in [3.05, 3.63) is 59.7 Å². The quantitative estimate of drug-likeness (QED) is 0.655. The van der Waals surface area contributed by atoms with E-state index in [-0.39, 0.29) is 25.0 Å². The van der Waals surface area contributed by atoms with Crippen molar-refractivity contribution in [3.8, 4) is 11.5 Å². The van der Waals surface area contributed by atoms with Crippen molar-refractivity contribution in [2.45, 2.75) is 59.2 Å². The van der Waals surface area contributed by atoms with Gasteiger partial charge in [0.25, 0.3) is 5.91 Å². The number of methoxy groups -OCH3 is 1. The van der Waals surface area contributed by atoms with Crippen LogP contribution in [0, 0.1) is 6.92 Å². The number of amides is 2. The highest BCUT2D eigenvalue weighted by Gasteiger charge is 2.31. The Hall–Kier alpha value is -3.02. The number of carbonyl (C=O) groups excluding carboxylic acids is 2. The molecule has 0 spiro atoms. The predicted octanol–water partition coefficient (Wildman–Crippen LogP) is 4.10. The van der Waals surface area contributed by atoms with Crippen LogP contribution in [0.15, 0.2) is 48.5 Å². The Morgan fingerprint density at radius 1 is 1.06 bits per heavy atom. The monoisotopic (exact) mass is 426 g/mol. The van der Waals surface area contributed by atoms with E-state index in [4.69, 9.17) is 9.47 Å². The van der Waals surface area contributed by atoms with Gasteiger partial charge in [-0.1, -0.05) is 36.8 Å². The topological polar surface area (TPSA) is 67.9 Å². The van der Waals surface area contributed by atoms with Crippen molar-refractivity contribution in [1.29, 1.82) is 0 Å². The van der Waals surface area contributed by atoms with E-state index < -0.39 is 11.6 Å². The molecule has 1 N–H and O–H groups in total. The van der Waals surface area contributed by atoms with E-state index in [0.717, 1.165) is 11.1 Å². The minimum Gasteiger partial charge on any atom is -0.497 e. The molecule has 6 heteroatoms. The SMILES string of the molecule is CCC(C(=O)NC(C)(C)C)N(Cc1cccc(OC)c1)C(=O)COc1ccc(C)cc1. The molecule has 0 heterocycles. The largest absolute Gasteiger partial charge is 0.497 e. The number of nitrogens with one attached hydrogen (secondary N) is 1. The van der Waals surface area contributed by atoms with E-state index in [1.807, 2.05) is 83.1 Å². The summed E-state index contributed by atoms with van der Waals surface area (Å²) >= 11 is 0. The van der Waals surface area contributed by atoms with Gasteiger partial charge in [-0.05, 0) is 63.9 Å². The van der Waals surface area contributed by atoms with Gasteiger partial charge in [0.2, 0.25) is 5.91 Å². The molecule has 1 atom stereocenters. The lowest BCUT2D eigenvalue weighted by Crippen LogP contribution is -2.54. The van der Waals surface area contributed by atoms with E-state index in [2.05, 4.69) is 5.32 Å². The second-order valence-electron chi connectivity index (χ2n) is 8.64. The molecule has 6 nitrogen and oxygen atoms in total. The lowest BCUT2D eigenvalue weighted by atomic mass is 10.1. The highest BCUT2D eigenvalue weighted by atomic mass is 16.5. The third-order valence-corrected chi connectivity index (χ3v) is 4.75. The van der Waals surface area contributed by atoms with E-state index in [0.29, 0.717) is 17.9 Å². The van der Waals surface area contributed by atoms with Gasteiger partial charge >= 0.3 is 0 Å². The van der Waals surface area contributed by atoms with Gasteiger partial charge in [0, 0.05) is 12.1 Å². The summed E-state index contributed by atoms with van der Waals surface area (Å²) < 4.78 is 11.0. The zero-order valence-electron chi connectivity index (χ0n) is 19.4. The van der Waals surface area contributed by atoms with Gasteiger partial charge in [0.05, 0.1) is 7.11 Å². The molecule has 1 unspecified atom stereocenters. The van der Waals surface area contributed by atoms with Crippen molar-refractivity contribution in [3.63, 3.8) is 0 Å². The minimum atomic E-state index is -0.612. The van der Waals surface area contributed by atoms with Crippen molar-refractivity contribution in [1.82, 2.24) is 10.2 Å². The molecule has 0 fully saturated rings. The summed E-state index contributed by atoms with van der Waals surface area (Å²) in [5, 5.41) is 3.00. The fourth-order valence-electron chi connectivity index (χ4n) is 3.20. The first kappa shape index (κ1) is 24.3. The van der Waals surface area contributed by atoms with Crippen LogP contribution in [-0.4, -0.2) is 42.0 Å². The Labute approximate surface area is 185 Å². The summed E-state index contributed by atoms with van der Waals surface area (Å²) in [6.45, 7) is 9.80. The van der Waals surface area contributed by atoms with Crippen LogP contribution in [0.1, 0.15) is 45.2 Å². The molecule has 0 aromatic heterocycles. The van der Waals surface area contributed by atoms with Gasteiger partial charge in [0.15, 0.2) is 6.61 Å². The van der Waals surface area contributed by atoms with Gasteiger partial charge in [-0.25, -0.2) is 0 Å². The van der Waals surface area contributed by atoms with Crippen molar-refractivity contribution in [2.24, 2.45) is 0 Å². The standard InChI is InChI=1S/C25H34N2O4/c1-7-22(24(29)26-25(3,4)5)27(16-19-9-8-10-21(15-19)30-6)23(28)17-31-20-13-11-18(2)12-14-20/h8-15,22H,7,16-17H2,1-6H3,(H,26,29). The highest BCUT2D eigenvalue weighted by Crippen LogP contribution is 2.19. The Morgan fingerprint density at radius 3 is 2.32 bits per heavy atom. The number of ether oxygens (including phenoxy) is 2. The lowest BCUT2D eigenvalue weighted by molar-refractivity contribution is -0.143. The number of aryl methyl sites for hydroxylation is 1. The molecule has 0 saturated carbocycles. The van der Waals surface area contributed by atoms with Crippen LogP contribution in [0.25, 0.3) is 0 Å². The first-order valence-corrected chi connectivity index (χ1v) is 10.6. The second kappa shape index (κ2) is 10.8. The Bertz CT molecular complexity index is 872. The molecular formula is C25H34N2O4.